The molecule has 43 heavy (non-hydrogen) atoms. The van der Waals surface area contributed by atoms with Gasteiger partial charge in [0.25, 0.3) is 5.91 Å². The van der Waals surface area contributed by atoms with Crippen molar-refractivity contribution in [3.8, 4) is 0 Å². The molecule has 8 heteroatoms. The predicted molar refractivity (Wildman–Crippen MR) is 165 cm³/mol. The van der Waals surface area contributed by atoms with E-state index in [0.29, 0.717) is 5.69 Å². The highest BCUT2D eigenvalue weighted by molar-refractivity contribution is 9.10. The van der Waals surface area contributed by atoms with Gasteiger partial charge in [0.2, 0.25) is 11.8 Å². The van der Waals surface area contributed by atoms with E-state index in [-0.39, 0.29) is 34.9 Å². The second-order valence-electron chi connectivity index (χ2n) is 11.3. The summed E-state index contributed by atoms with van der Waals surface area (Å²) in [6, 6.07) is 26.2. The molecular formula is C35H27BrN2O5. The zero-order valence-corrected chi connectivity index (χ0v) is 25.1. The van der Waals surface area contributed by atoms with E-state index in [9.17, 15) is 19.2 Å². The highest BCUT2D eigenvalue weighted by Crippen LogP contribution is 2.61. The summed E-state index contributed by atoms with van der Waals surface area (Å²) in [7, 11) is 0. The van der Waals surface area contributed by atoms with Crippen LogP contribution in [0.3, 0.4) is 0 Å². The summed E-state index contributed by atoms with van der Waals surface area (Å²) in [6.07, 6.45) is 0. The van der Waals surface area contributed by atoms with Crippen LogP contribution in [0.25, 0.3) is 0 Å². The highest BCUT2D eigenvalue weighted by Gasteiger charge is 2.62. The maximum absolute atomic E-state index is 14.2. The Morgan fingerprint density at radius 1 is 0.767 bits per heavy atom. The van der Waals surface area contributed by atoms with Crippen LogP contribution >= 0.6 is 15.9 Å². The molecule has 1 N–H and O–H groups in total. The molecule has 4 aromatic carbocycles. The molecule has 4 aliphatic rings. The van der Waals surface area contributed by atoms with E-state index in [1.54, 1.807) is 18.2 Å². The minimum absolute atomic E-state index is 0.0497. The number of ether oxygens (including phenoxy) is 1. The predicted octanol–water partition coefficient (Wildman–Crippen LogP) is 6.26. The van der Waals surface area contributed by atoms with Crippen LogP contribution in [-0.4, -0.2) is 30.3 Å². The molecule has 0 unspecified atom stereocenters. The van der Waals surface area contributed by atoms with Gasteiger partial charge in [0.1, 0.15) is 0 Å². The average molecular weight is 636 g/mol. The van der Waals surface area contributed by atoms with Crippen molar-refractivity contribution in [2.75, 3.05) is 16.8 Å². The van der Waals surface area contributed by atoms with Crippen LogP contribution in [-0.2, 0) is 19.1 Å². The lowest BCUT2D eigenvalue weighted by Crippen LogP contribution is -2.41. The highest BCUT2D eigenvalue weighted by atomic mass is 79.9. The number of nitrogens with one attached hydrogen (secondary N) is 1. The van der Waals surface area contributed by atoms with Crippen molar-refractivity contribution in [2.24, 2.45) is 11.8 Å². The lowest BCUT2D eigenvalue weighted by molar-refractivity contribution is -0.122. The van der Waals surface area contributed by atoms with Gasteiger partial charge in [-0.1, -0.05) is 76.6 Å². The first-order chi connectivity index (χ1) is 20.8. The Labute approximate surface area is 257 Å². The van der Waals surface area contributed by atoms with Crippen molar-refractivity contribution in [3.63, 3.8) is 0 Å². The molecular weight excluding hydrogens is 608 g/mol. The minimum atomic E-state index is -0.792. The summed E-state index contributed by atoms with van der Waals surface area (Å²) < 4.78 is 6.32. The Morgan fingerprint density at radius 2 is 1.28 bits per heavy atom. The lowest BCUT2D eigenvalue weighted by atomic mass is 9.55. The Hall–Kier alpha value is -4.56. The van der Waals surface area contributed by atoms with Crippen molar-refractivity contribution in [1.29, 1.82) is 0 Å². The number of halogens is 1. The van der Waals surface area contributed by atoms with Crippen LogP contribution < -0.4 is 10.2 Å². The normalized spacial score (nSPS) is 21.2. The lowest BCUT2D eigenvalue weighted by Gasteiger charge is -2.45. The molecule has 1 saturated heterocycles. The van der Waals surface area contributed by atoms with Crippen LogP contribution in [0, 0.1) is 25.7 Å². The maximum Gasteiger partial charge on any atom is 0.340 e. The van der Waals surface area contributed by atoms with Crippen LogP contribution in [0.2, 0.25) is 0 Å². The van der Waals surface area contributed by atoms with E-state index >= 15 is 0 Å². The van der Waals surface area contributed by atoms with E-state index in [1.807, 2.05) is 74.5 Å². The van der Waals surface area contributed by atoms with Crippen molar-refractivity contribution in [1.82, 2.24) is 0 Å². The third-order valence-electron chi connectivity index (χ3n) is 8.93. The van der Waals surface area contributed by atoms with Gasteiger partial charge < -0.3 is 10.1 Å². The molecule has 2 atom stereocenters. The Morgan fingerprint density at radius 3 is 1.84 bits per heavy atom. The van der Waals surface area contributed by atoms with Crippen molar-refractivity contribution in [3.05, 3.63) is 128 Å². The number of nitrogens with zero attached hydrogens (tertiary/aromatic N) is 1. The first kappa shape index (κ1) is 27.3. The summed E-state index contributed by atoms with van der Waals surface area (Å²) in [5, 5.41) is 2.78. The van der Waals surface area contributed by atoms with Gasteiger partial charge in [0.05, 0.1) is 23.1 Å². The number of imide groups is 1. The third-order valence-corrected chi connectivity index (χ3v) is 9.78. The number of anilines is 2. The molecule has 3 aliphatic carbocycles. The molecule has 0 aromatic heterocycles. The molecule has 0 spiro atoms. The third kappa shape index (κ3) is 4.23. The average Bonchev–Trinajstić information content (AvgIpc) is 3.28. The molecule has 0 radical (unpaired) electrons. The fraction of sp³-hybridized carbons (Fsp3) is 0.200. The monoisotopic (exact) mass is 634 g/mol. The van der Waals surface area contributed by atoms with E-state index in [4.69, 9.17) is 4.74 Å². The minimum Gasteiger partial charge on any atom is -0.452 e. The van der Waals surface area contributed by atoms with E-state index in [2.05, 4.69) is 21.2 Å². The second kappa shape index (κ2) is 10.3. The zero-order valence-electron chi connectivity index (χ0n) is 23.5. The molecule has 4 aromatic rings. The van der Waals surface area contributed by atoms with E-state index < -0.39 is 30.3 Å². The van der Waals surface area contributed by atoms with Gasteiger partial charge in [-0.05, 0) is 71.5 Å². The molecule has 3 amide bonds. The number of para-hydroxylation sites is 1. The van der Waals surface area contributed by atoms with Crippen molar-refractivity contribution < 1.29 is 23.9 Å². The van der Waals surface area contributed by atoms with Crippen LogP contribution in [0.1, 0.15) is 55.6 Å². The molecule has 8 rings (SSSR count). The fourth-order valence-corrected chi connectivity index (χ4v) is 7.52. The largest absolute Gasteiger partial charge is 0.452 e. The van der Waals surface area contributed by atoms with Gasteiger partial charge in [-0.2, -0.15) is 0 Å². The smallest absolute Gasteiger partial charge is 0.340 e. The van der Waals surface area contributed by atoms with E-state index in [1.165, 1.54) is 6.07 Å². The Balaban J connectivity index is 1.16. The standard InChI is InChI=1S/C35H27BrN2O5/c1-18-16-26(19(2)15-25(18)36)37-28(39)17-43-35(42)24-13-7-8-14-27(24)38-33(40)31-29-20-9-3-4-10-21(20)30(32(31)34(38)41)23-12-6-5-11-22(23)29/h3-16,29-32H,17H2,1-2H3,(H,37,39)/t29?,30?,31-,32+. The molecule has 0 saturated carbocycles. The summed E-state index contributed by atoms with van der Waals surface area (Å²) >= 11 is 3.48. The van der Waals surface area contributed by atoms with Crippen molar-refractivity contribution >= 4 is 51.0 Å². The number of hydrogen-bond donors (Lipinski definition) is 1. The van der Waals surface area contributed by atoms with Crippen molar-refractivity contribution in [2.45, 2.75) is 25.7 Å². The first-order valence-corrected chi connectivity index (χ1v) is 14.9. The number of rotatable bonds is 5. The van der Waals surface area contributed by atoms with Gasteiger partial charge >= 0.3 is 5.97 Å². The van der Waals surface area contributed by atoms with E-state index in [0.717, 1.165) is 42.8 Å². The van der Waals surface area contributed by atoms with Crippen LogP contribution in [0.15, 0.2) is 89.4 Å². The molecule has 2 bridgehead atoms. The molecule has 1 fully saturated rings. The molecule has 1 aliphatic heterocycles. The number of esters is 1. The van der Waals surface area contributed by atoms with Crippen LogP contribution in [0.4, 0.5) is 11.4 Å². The van der Waals surface area contributed by atoms with Crippen LogP contribution in [0.5, 0.6) is 0 Å². The maximum atomic E-state index is 14.2. The fourth-order valence-electron chi connectivity index (χ4n) is 7.07. The Bertz CT molecular complexity index is 1750. The summed E-state index contributed by atoms with van der Waals surface area (Å²) in [5.41, 5.74) is 6.94. The van der Waals surface area contributed by atoms with Gasteiger partial charge in [-0.3, -0.25) is 14.4 Å². The Kier molecular flexibility index (Phi) is 6.54. The first-order valence-electron chi connectivity index (χ1n) is 14.1. The zero-order chi connectivity index (χ0) is 30.0. The number of hydrogen-bond acceptors (Lipinski definition) is 5. The quantitative estimate of drug-likeness (QED) is 0.207. The second-order valence-corrected chi connectivity index (χ2v) is 12.2. The molecule has 1 heterocycles. The summed E-state index contributed by atoms with van der Waals surface area (Å²) in [6.45, 7) is 3.26. The topological polar surface area (TPSA) is 92.8 Å². The van der Waals surface area contributed by atoms with Gasteiger partial charge in [0, 0.05) is 22.0 Å². The number of amides is 3. The van der Waals surface area contributed by atoms with Gasteiger partial charge in [-0.15, -0.1) is 0 Å². The number of carbonyl (C=O) groups excluding carboxylic acids is 4. The van der Waals surface area contributed by atoms with Gasteiger partial charge in [-0.25, -0.2) is 9.69 Å². The summed E-state index contributed by atoms with van der Waals surface area (Å²) in [5.74, 6) is -3.60. The number of aryl methyl sites for hydroxylation is 2. The molecule has 214 valence electrons. The number of carbonyl (C=O) groups is 4. The summed E-state index contributed by atoms with van der Waals surface area (Å²) in [4.78, 5) is 55.5. The number of benzene rings is 4. The van der Waals surface area contributed by atoms with Gasteiger partial charge in [0.15, 0.2) is 6.61 Å². The molecule has 7 nitrogen and oxygen atoms in total. The SMILES string of the molecule is Cc1cc(NC(=O)COC(=O)c2ccccc2N2C(=O)[C@@H]3C4c5ccccc5C(c5ccccc54)[C@@H]3C2=O)c(C)cc1Br.